The molecule has 0 aliphatic heterocycles. The van der Waals surface area contributed by atoms with E-state index in [9.17, 15) is 18.5 Å². The SMILES string of the molecule is CCCn1c(C)cc(C=C(C#N)C(=O)OCc2nc3cc(S(=O)(=O)N(C)C)ccc3n2CC)c1C. The quantitative estimate of drug-likeness (QED) is 0.253. The molecule has 0 aliphatic rings. The van der Waals surface area contributed by atoms with E-state index < -0.39 is 16.0 Å². The highest BCUT2D eigenvalue weighted by Crippen LogP contribution is 2.23. The van der Waals surface area contributed by atoms with Crippen LogP contribution >= 0.6 is 0 Å². The minimum Gasteiger partial charge on any atom is -0.453 e. The number of carbonyl (C=O) groups is 1. The molecule has 0 saturated carbocycles. The van der Waals surface area contributed by atoms with Gasteiger partial charge in [-0.15, -0.1) is 0 Å². The number of rotatable bonds is 9. The van der Waals surface area contributed by atoms with Gasteiger partial charge in [0, 0.05) is 38.6 Å². The number of ether oxygens (including phenoxy) is 1. The van der Waals surface area contributed by atoms with E-state index in [0.29, 0.717) is 17.9 Å². The smallest absolute Gasteiger partial charge is 0.349 e. The Morgan fingerprint density at radius 1 is 1.20 bits per heavy atom. The molecule has 0 saturated heterocycles. The van der Waals surface area contributed by atoms with Gasteiger partial charge in [-0.1, -0.05) is 6.92 Å². The van der Waals surface area contributed by atoms with Gasteiger partial charge in [-0.25, -0.2) is 22.5 Å². The summed E-state index contributed by atoms with van der Waals surface area (Å²) in [5, 5.41) is 9.58. The van der Waals surface area contributed by atoms with Crippen molar-refractivity contribution in [1.82, 2.24) is 18.4 Å². The zero-order valence-electron chi connectivity index (χ0n) is 21.0. The summed E-state index contributed by atoms with van der Waals surface area (Å²) in [6.07, 6.45) is 2.53. The molecule has 0 unspecified atom stereocenters. The standard InChI is InChI=1S/C25H31N5O4S/c1-7-11-30-17(3)12-19(18(30)4)13-20(15-26)25(31)34-16-24-27-22-14-21(35(32,33)28(5)6)9-10-23(22)29(24)8-2/h9-10,12-14H,7-8,11,16H2,1-6H3. The molecule has 0 bridgehead atoms. The topological polar surface area (TPSA) is 110 Å². The molecular formula is C25H31N5O4S. The minimum atomic E-state index is -3.60. The maximum atomic E-state index is 12.7. The van der Waals surface area contributed by atoms with Crippen molar-refractivity contribution in [1.29, 1.82) is 5.26 Å². The van der Waals surface area contributed by atoms with E-state index in [4.69, 9.17) is 4.74 Å². The second kappa shape index (κ2) is 10.5. The molecule has 0 atom stereocenters. The van der Waals surface area contributed by atoms with Gasteiger partial charge in [0.25, 0.3) is 0 Å². The molecule has 1 aromatic carbocycles. The van der Waals surface area contributed by atoms with Gasteiger partial charge >= 0.3 is 5.97 Å². The first-order valence-corrected chi connectivity index (χ1v) is 12.9. The molecule has 186 valence electrons. The third-order valence-corrected chi connectivity index (χ3v) is 7.74. The van der Waals surface area contributed by atoms with Crippen LogP contribution in [-0.2, 0) is 39.3 Å². The van der Waals surface area contributed by atoms with Crippen LogP contribution in [0.5, 0.6) is 0 Å². The largest absolute Gasteiger partial charge is 0.453 e. The Morgan fingerprint density at radius 3 is 2.51 bits per heavy atom. The second-order valence-electron chi connectivity index (χ2n) is 8.43. The zero-order valence-corrected chi connectivity index (χ0v) is 21.8. The molecule has 2 aromatic heterocycles. The van der Waals surface area contributed by atoms with Crippen LogP contribution in [0.15, 0.2) is 34.7 Å². The third kappa shape index (κ3) is 5.16. The summed E-state index contributed by atoms with van der Waals surface area (Å²) in [7, 11) is -0.666. The number of hydrogen-bond donors (Lipinski definition) is 0. The summed E-state index contributed by atoms with van der Waals surface area (Å²) in [5.41, 5.74) is 3.98. The van der Waals surface area contributed by atoms with Crippen molar-refractivity contribution in [2.45, 2.75) is 58.7 Å². The average molecular weight is 498 g/mol. The van der Waals surface area contributed by atoms with Crippen molar-refractivity contribution in [2.75, 3.05) is 14.1 Å². The summed E-state index contributed by atoms with van der Waals surface area (Å²) in [6.45, 7) is 9.24. The summed E-state index contributed by atoms with van der Waals surface area (Å²) in [4.78, 5) is 17.4. The van der Waals surface area contributed by atoms with Crippen LogP contribution in [0.3, 0.4) is 0 Å². The van der Waals surface area contributed by atoms with Crippen LogP contribution in [0.1, 0.15) is 43.0 Å². The molecule has 0 amide bonds. The highest BCUT2D eigenvalue weighted by atomic mass is 32.2. The van der Waals surface area contributed by atoms with Crippen molar-refractivity contribution in [3.63, 3.8) is 0 Å². The van der Waals surface area contributed by atoms with Crippen molar-refractivity contribution >= 4 is 33.1 Å². The van der Waals surface area contributed by atoms with Crippen LogP contribution in [-0.4, -0.2) is 46.9 Å². The summed E-state index contributed by atoms with van der Waals surface area (Å²) >= 11 is 0. The molecule has 3 rings (SSSR count). The zero-order chi connectivity index (χ0) is 25.9. The van der Waals surface area contributed by atoms with Gasteiger partial charge in [0.2, 0.25) is 10.0 Å². The highest BCUT2D eigenvalue weighted by Gasteiger charge is 2.20. The van der Waals surface area contributed by atoms with Crippen LogP contribution in [0.25, 0.3) is 17.1 Å². The van der Waals surface area contributed by atoms with Crippen LogP contribution < -0.4 is 0 Å². The maximum absolute atomic E-state index is 12.7. The molecule has 0 fully saturated rings. The molecule has 0 radical (unpaired) electrons. The number of benzene rings is 1. The van der Waals surface area contributed by atoms with E-state index in [-0.39, 0.29) is 17.1 Å². The fourth-order valence-corrected chi connectivity index (χ4v) is 4.96. The first-order chi connectivity index (χ1) is 16.5. The number of nitriles is 1. The molecular weight excluding hydrogens is 466 g/mol. The Hall–Kier alpha value is -3.42. The normalized spacial score (nSPS) is 12.3. The molecule has 0 aliphatic carbocycles. The predicted octanol–water partition coefficient (Wildman–Crippen LogP) is 3.79. The van der Waals surface area contributed by atoms with E-state index in [1.807, 2.05) is 37.5 Å². The molecule has 3 aromatic rings. The summed E-state index contributed by atoms with van der Waals surface area (Å²) in [5.74, 6) is -0.271. The molecule has 2 heterocycles. The minimum absolute atomic E-state index is 0.0970. The summed E-state index contributed by atoms with van der Waals surface area (Å²) < 4.78 is 35.5. The monoisotopic (exact) mass is 497 g/mol. The van der Waals surface area contributed by atoms with Gasteiger partial charge in [0.1, 0.15) is 24.1 Å². The lowest BCUT2D eigenvalue weighted by Crippen LogP contribution is -2.22. The average Bonchev–Trinajstić information content (AvgIpc) is 3.31. The lowest BCUT2D eigenvalue weighted by molar-refractivity contribution is -0.140. The number of esters is 1. The van der Waals surface area contributed by atoms with E-state index in [1.165, 1.54) is 26.2 Å². The molecule has 9 nitrogen and oxygen atoms in total. The summed E-state index contributed by atoms with van der Waals surface area (Å²) in [6, 6.07) is 8.63. The van der Waals surface area contributed by atoms with Crippen LogP contribution in [0.4, 0.5) is 0 Å². The first-order valence-electron chi connectivity index (χ1n) is 11.4. The van der Waals surface area contributed by atoms with Gasteiger partial charge in [-0.3, -0.25) is 0 Å². The van der Waals surface area contributed by atoms with Crippen molar-refractivity contribution in [3.8, 4) is 6.07 Å². The molecule has 10 heteroatoms. The highest BCUT2D eigenvalue weighted by molar-refractivity contribution is 7.89. The van der Waals surface area contributed by atoms with Gasteiger partial charge in [0.15, 0.2) is 0 Å². The van der Waals surface area contributed by atoms with Gasteiger partial charge < -0.3 is 13.9 Å². The van der Waals surface area contributed by atoms with E-state index in [1.54, 1.807) is 12.1 Å². The number of aryl methyl sites for hydroxylation is 2. The number of nitrogens with zero attached hydrogens (tertiary/aromatic N) is 5. The van der Waals surface area contributed by atoms with E-state index in [2.05, 4.69) is 16.5 Å². The molecule has 0 N–H and O–H groups in total. The van der Waals surface area contributed by atoms with Gasteiger partial charge in [-0.05, 0) is 63.1 Å². The number of carbonyl (C=O) groups excluding carboxylic acids is 1. The molecule has 0 spiro atoms. The lowest BCUT2D eigenvalue weighted by Gasteiger charge is -2.11. The number of sulfonamides is 1. The van der Waals surface area contributed by atoms with Gasteiger partial charge in [-0.2, -0.15) is 5.26 Å². The van der Waals surface area contributed by atoms with E-state index in [0.717, 1.165) is 39.7 Å². The Bertz CT molecular complexity index is 1440. The molecule has 35 heavy (non-hydrogen) atoms. The second-order valence-corrected chi connectivity index (χ2v) is 10.6. The third-order valence-electron chi connectivity index (χ3n) is 5.93. The van der Waals surface area contributed by atoms with E-state index >= 15 is 0 Å². The first kappa shape index (κ1) is 26.2. The van der Waals surface area contributed by atoms with Gasteiger partial charge in [0.05, 0.1) is 15.9 Å². The maximum Gasteiger partial charge on any atom is 0.349 e. The Balaban J connectivity index is 1.86. The van der Waals surface area contributed by atoms with Crippen LogP contribution in [0.2, 0.25) is 0 Å². The number of aromatic nitrogens is 3. The van der Waals surface area contributed by atoms with Crippen molar-refractivity contribution < 1.29 is 17.9 Å². The number of imidazole rings is 1. The van der Waals surface area contributed by atoms with Crippen molar-refractivity contribution in [2.24, 2.45) is 0 Å². The Morgan fingerprint density at radius 2 is 1.91 bits per heavy atom. The fourth-order valence-electron chi connectivity index (χ4n) is 4.04. The fraction of sp³-hybridized carbons (Fsp3) is 0.400. The lowest BCUT2D eigenvalue weighted by atomic mass is 10.1. The Labute approximate surface area is 206 Å². The predicted molar refractivity (Wildman–Crippen MR) is 134 cm³/mol. The van der Waals surface area contributed by atoms with Crippen LogP contribution in [0, 0.1) is 25.2 Å². The number of hydrogen-bond acceptors (Lipinski definition) is 6. The number of fused-ring (bicyclic) bond motifs is 1. The van der Waals surface area contributed by atoms with Crippen molar-refractivity contribution in [3.05, 3.63) is 52.6 Å². The Kier molecular flexibility index (Phi) is 7.83.